The van der Waals surface area contributed by atoms with Gasteiger partial charge in [0.25, 0.3) is 5.91 Å². The summed E-state index contributed by atoms with van der Waals surface area (Å²) in [6.45, 7) is 1.43. The first-order valence-corrected chi connectivity index (χ1v) is 9.03. The van der Waals surface area contributed by atoms with Gasteiger partial charge >= 0.3 is 0 Å². The van der Waals surface area contributed by atoms with Crippen LogP contribution in [0.5, 0.6) is 0 Å². The third-order valence-electron chi connectivity index (χ3n) is 4.44. The van der Waals surface area contributed by atoms with E-state index in [1.807, 2.05) is 42.5 Å². The van der Waals surface area contributed by atoms with E-state index in [-0.39, 0.29) is 17.6 Å². The maximum atomic E-state index is 12.5. The average Bonchev–Trinajstić information content (AvgIpc) is 3.08. The van der Waals surface area contributed by atoms with Gasteiger partial charge in [-0.05, 0) is 47.2 Å². The summed E-state index contributed by atoms with van der Waals surface area (Å²) in [7, 11) is 0. The molecule has 1 heterocycles. The number of benzene rings is 3. The summed E-state index contributed by atoms with van der Waals surface area (Å²) < 4.78 is 1.64. The van der Waals surface area contributed by atoms with Crippen LogP contribution < -0.4 is 16.4 Å². The second-order valence-electron chi connectivity index (χ2n) is 6.62. The highest BCUT2D eigenvalue weighted by atomic mass is 16.2. The third-order valence-corrected chi connectivity index (χ3v) is 4.44. The molecule has 0 saturated carbocycles. The Morgan fingerprint density at radius 3 is 2.38 bits per heavy atom. The van der Waals surface area contributed by atoms with Crippen molar-refractivity contribution >= 4 is 39.8 Å². The molecule has 0 unspecified atom stereocenters. The smallest absolute Gasteiger partial charge is 0.256 e. The highest BCUT2D eigenvalue weighted by Gasteiger charge is 2.13. The lowest BCUT2D eigenvalue weighted by Crippen LogP contribution is -2.14. The number of hydrogen-bond acceptors (Lipinski definition) is 4. The molecule has 7 nitrogen and oxygen atoms in total. The summed E-state index contributed by atoms with van der Waals surface area (Å²) in [6, 6.07) is 20.6. The number of anilines is 3. The first-order valence-electron chi connectivity index (χ1n) is 9.03. The van der Waals surface area contributed by atoms with Crippen molar-refractivity contribution in [3.63, 3.8) is 0 Å². The van der Waals surface area contributed by atoms with Crippen molar-refractivity contribution in [2.45, 2.75) is 6.92 Å². The van der Waals surface area contributed by atoms with Gasteiger partial charge in [-0.25, -0.2) is 4.68 Å². The van der Waals surface area contributed by atoms with Crippen LogP contribution in [0, 0.1) is 0 Å². The number of aromatic nitrogens is 2. The molecule has 0 bridgehead atoms. The van der Waals surface area contributed by atoms with Crippen molar-refractivity contribution in [3.05, 3.63) is 78.5 Å². The summed E-state index contributed by atoms with van der Waals surface area (Å²) in [5, 5.41) is 12.0. The molecule has 0 spiro atoms. The molecular weight excluding hydrogens is 366 g/mol. The van der Waals surface area contributed by atoms with Crippen molar-refractivity contribution in [2.75, 3.05) is 16.4 Å². The fourth-order valence-electron chi connectivity index (χ4n) is 3.02. The zero-order chi connectivity index (χ0) is 20.4. The van der Waals surface area contributed by atoms with Crippen molar-refractivity contribution in [2.24, 2.45) is 0 Å². The number of nitrogens with two attached hydrogens (primary N) is 1. The molecule has 4 N–H and O–H groups in total. The van der Waals surface area contributed by atoms with Gasteiger partial charge in [0, 0.05) is 18.2 Å². The molecule has 4 aromatic rings. The molecule has 0 saturated heterocycles. The standard InChI is InChI=1S/C22H19N5O2/c1-14(28)24-18-9-6-16(7-10-18)22(29)25-21-20(23)13-27(26-21)19-11-8-15-4-2-3-5-17(15)12-19/h2-13H,23H2,1H3,(H,24,28)(H,25,26,29). The van der Waals surface area contributed by atoms with Crippen LogP contribution in [0.4, 0.5) is 17.2 Å². The van der Waals surface area contributed by atoms with Crippen LogP contribution in [-0.2, 0) is 4.79 Å². The second kappa shape index (κ2) is 7.47. The maximum absolute atomic E-state index is 12.5. The van der Waals surface area contributed by atoms with Gasteiger partial charge in [-0.3, -0.25) is 9.59 Å². The van der Waals surface area contributed by atoms with E-state index in [1.165, 1.54) is 6.92 Å². The van der Waals surface area contributed by atoms with E-state index < -0.39 is 0 Å². The lowest BCUT2D eigenvalue weighted by atomic mass is 10.1. The average molecular weight is 385 g/mol. The molecule has 29 heavy (non-hydrogen) atoms. The van der Waals surface area contributed by atoms with Crippen LogP contribution in [0.2, 0.25) is 0 Å². The summed E-state index contributed by atoms with van der Waals surface area (Å²) in [6.07, 6.45) is 1.67. The predicted octanol–water partition coefficient (Wildman–Crippen LogP) is 3.82. The number of amides is 2. The molecule has 0 aliphatic carbocycles. The van der Waals surface area contributed by atoms with Gasteiger partial charge in [0.2, 0.25) is 5.91 Å². The predicted molar refractivity (Wildman–Crippen MR) is 114 cm³/mol. The molecule has 0 radical (unpaired) electrons. The number of nitrogens with zero attached hydrogens (tertiary/aromatic N) is 2. The monoisotopic (exact) mass is 385 g/mol. The van der Waals surface area contributed by atoms with E-state index in [0.29, 0.717) is 16.9 Å². The lowest BCUT2D eigenvalue weighted by molar-refractivity contribution is -0.114. The topological polar surface area (TPSA) is 102 Å². The van der Waals surface area contributed by atoms with Crippen LogP contribution in [0.15, 0.2) is 72.9 Å². The normalized spacial score (nSPS) is 10.7. The number of carbonyl (C=O) groups is 2. The Morgan fingerprint density at radius 2 is 1.66 bits per heavy atom. The van der Waals surface area contributed by atoms with Crippen LogP contribution in [0.1, 0.15) is 17.3 Å². The Hall–Kier alpha value is -4.13. The van der Waals surface area contributed by atoms with Crippen molar-refractivity contribution < 1.29 is 9.59 Å². The first-order chi connectivity index (χ1) is 14.0. The molecule has 1 aromatic heterocycles. The highest BCUT2D eigenvalue weighted by Crippen LogP contribution is 2.23. The molecule has 2 amide bonds. The summed E-state index contributed by atoms with van der Waals surface area (Å²) in [5.41, 5.74) is 8.31. The molecule has 3 aromatic carbocycles. The van der Waals surface area contributed by atoms with E-state index in [2.05, 4.69) is 15.7 Å². The maximum Gasteiger partial charge on any atom is 0.256 e. The number of fused-ring (bicyclic) bond motifs is 1. The Balaban J connectivity index is 1.54. The minimum Gasteiger partial charge on any atom is -0.394 e. The Labute approximate surface area is 167 Å². The second-order valence-corrected chi connectivity index (χ2v) is 6.62. The van der Waals surface area contributed by atoms with Crippen LogP contribution in [0.25, 0.3) is 16.5 Å². The number of carbonyl (C=O) groups excluding carboxylic acids is 2. The molecule has 0 atom stereocenters. The van der Waals surface area contributed by atoms with E-state index in [0.717, 1.165) is 16.5 Å². The molecule has 0 fully saturated rings. The fraction of sp³-hybridized carbons (Fsp3) is 0.0455. The molecular formula is C22H19N5O2. The largest absolute Gasteiger partial charge is 0.394 e. The Bertz CT molecular complexity index is 1210. The number of nitrogens with one attached hydrogen (secondary N) is 2. The van der Waals surface area contributed by atoms with Crippen LogP contribution in [-0.4, -0.2) is 21.6 Å². The molecule has 144 valence electrons. The van der Waals surface area contributed by atoms with Gasteiger partial charge in [-0.15, -0.1) is 5.10 Å². The zero-order valence-corrected chi connectivity index (χ0v) is 15.7. The first kappa shape index (κ1) is 18.2. The number of hydrogen-bond donors (Lipinski definition) is 3. The molecule has 7 heteroatoms. The van der Waals surface area contributed by atoms with Gasteiger partial charge in [0.05, 0.1) is 17.6 Å². The van der Waals surface area contributed by atoms with Crippen molar-refractivity contribution in [1.82, 2.24) is 9.78 Å². The van der Waals surface area contributed by atoms with Gasteiger partial charge < -0.3 is 16.4 Å². The zero-order valence-electron chi connectivity index (χ0n) is 15.7. The van der Waals surface area contributed by atoms with Gasteiger partial charge in [0.15, 0.2) is 5.82 Å². The van der Waals surface area contributed by atoms with E-state index in [9.17, 15) is 9.59 Å². The minimum atomic E-state index is -0.338. The van der Waals surface area contributed by atoms with Crippen LogP contribution >= 0.6 is 0 Å². The molecule has 0 aliphatic heterocycles. The van der Waals surface area contributed by atoms with E-state index in [4.69, 9.17) is 5.73 Å². The fourth-order valence-corrected chi connectivity index (χ4v) is 3.02. The summed E-state index contributed by atoms with van der Waals surface area (Å²) in [4.78, 5) is 23.6. The quantitative estimate of drug-likeness (QED) is 0.497. The highest BCUT2D eigenvalue weighted by molar-refractivity contribution is 6.05. The van der Waals surface area contributed by atoms with E-state index >= 15 is 0 Å². The number of nitrogen functional groups attached to an aromatic ring is 1. The SMILES string of the molecule is CC(=O)Nc1ccc(C(=O)Nc2nn(-c3ccc4ccccc4c3)cc2N)cc1. The van der Waals surface area contributed by atoms with Gasteiger partial charge in [-0.2, -0.15) is 0 Å². The lowest BCUT2D eigenvalue weighted by Gasteiger charge is -2.06. The van der Waals surface area contributed by atoms with Crippen LogP contribution in [0.3, 0.4) is 0 Å². The Kier molecular flexibility index (Phi) is 4.70. The van der Waals surface area contributed by atoms with Crippen molar-refractivity contribution in [1.29, 1.82) is 0 Å². The molecule has 4 rings (SSSR count). The van der Waals surface area contributed by atoms with Gasteiger partial charge in [-0.1, -0.05) is 30.3 Å². The molecule has 0 aliphatic rings. The van der Waals surface area contributed by atoms with Crippen molar-refractivity contribution in [3.8, 4) is 5.69 Å². The Morgan fingerprint density at radius 1 is 0.931 bits per heavy atom. The summed E-state index contributed by atoms with van der Waals surface area (Å²) in [5.74, 6) is -0.224. The third kappa shape index (κ3) is 3.93. The minimum absolute atomic E-state index is 0.172. The van der Waals surface area contributed by atoms with Gasteiger partial charge in [0.1, 0.15) is 0 Å². The van der Waals surface area contributed by atoms with E-state index in [1.54, 1.807) is 35.1 Å². The number of rotatable bonds is 4. The summed E-state index contributed by atoms with van der Waals surface area (Å²) >= 11 is 0.